The fraction of sp³-hybridized carbons (Fsp3) is 0.412. The summed E-state index contributed by atoms with van der Waals surface area (Å²) in [5.41, 5.74) is 0.396. The van der Waals surface area contributed by atoms with Crippen LogP contribution in [0, 0.1) is 5.92 Å². The minimum atomic E-state index is -0.585. The summed E-state index contributed by atoms with van der Waals surface area (Å²) in [6.07, 6.45) is 3.07. The van der Waals surface area contributed by atoms with Crippen molar-refractivity contribution in [1.29, 1.82) is 0 Å². The molecule has 21 heavy (non-hydrogen) atoms. The van der Waals surface area contributed by atoms with Crippen molar-refractivity contribution in [3.8, 4) is 0 Å². The van der Waals surface area contributed by atoms with Crippen LogP contribution in [-0.2, 0) is 19.9 Å². The Balaban J connectivity index is 1.78. The number of pyridine rings is 1. The molecule has 4 nitrogen and oxygen atoms in total. The highest BCUT2D eigenvalue weighted by Crippen LogP contribution is 2.47. The second kappa shape index (κ2) is 5.11. The number of rotatable bonds is 4. The van der Waals surface area contributed by atoms with E-state index in [-0.39, 0.29) is 5.97 Å². The van der Waals surface area contributed by atoms with Crippen LogP contribution in [0.1, 0.15) is 26.3 Å². The van der Waals surface area contributed by atoms with Gasteiger partial charge in [-0.15, -0.1) is 0 Å². The van der Waals surface area contributed by atoms with Crippen molar-refractivity contribution in [1.82, 2.24) is 4.98 Å². The van der Waals surface area contributed by atoms with Crippen LogP contribution in [0.2, 0.25) is 0 Å². The number of carbonyl (C=O) groups excluding carboxylic acids is 1. The average molecular weight is 285 g/mol. The van der Waals surface area contributed by atoms with E-state index < -0.39 is 11.7 Å². The van der Waals surface area contributed by atoms with Gasteiger partial charge < -0.3 is 9.47 Å². The highest BCUT2D eigenvalue weighted by Gasteiger charge is 2.59. The van der Waals surface area contributed by atoms with Crippen molar-refractivity contribution in [3.05, 3.63) is 42.2 Å². The Hall–Kier alpha value is -1.94. The third-order valence-corrected chi connectivity index (χ3v) is 3.79. The van der Waals surface area contributed by atoms with Gasteiger partial charge >= 0.3 is 5.97 Å². The van der Waals surface area contributed by atoms with Gasteiger partial charge in [0.25, 0.3) is 0 Å². The topological polar surface area (TPSA) is 51.7 Å². The van der Waals surface area contributed by atoms with Crippen LogP contribution in [0.3, 0.4) is 0 Å². The Bertz CT molecular complexity index is 683. The summed E-state index contributed by atoms with van der Waals surface area (Å²) in [6, 6.07) is 8.01. The second-order valence-electron chi connectivity index (χ2n) is 6.07. The van der Waals surface area contributed by atoms with Gasteiger partial charge in [-0.05, 0) is 35.9 Å². The summed E-state index contributed by atoms with van der Waals surface area (Å²) in [4.78, 5) is 16.1. The Labute approximate surface area is 124 Å². The fourth-order valence-corrected chi connectivity index (χ4v) is 2.42. The Morgan fingerprint density at radius 1 is 1.38 bits per heavy atom. The number of hydrogen-bond donors (Lipinski definition) is 0. The summed E-state index contributed by atoms with van der Waals surface area (Å²) in [7, 11) is 0. The fourth-order valence-electron chi connectivity index (χ4n) is 2.42. The van der Waals surface area contributed by atoms with Crippen LogP contribution < -0.4 is 0 Å². The van der Waals surface area contributed by atoms with Gasteiger partial charge in [0.2, 0.25) is 0 Å². The zero-order chi connectivity index (χ0) is 15.0. The van der Waals surface area contributed by atoms with Crippen molar-refractivity contribution < 1.29 is 14.3 Å². The normalized spacial score (nSPS) is 24.3. The first-order chi connectivity index (χ1) is 10.0. The van der Waals surface area contributed by atoms with E-state index in [1.165, 1.54) is 0 Å². The van der Waals surface area contributed by atoms with E-state index in [4.69, 9.17) is 9.47 Å². The molecule has 4 heteroatoms. The van der Waals surface area contributed by atoms with Gasteiger partial charge in [0.05, 0.1) is 6.61 Å². The molecule has 0 radical (unpaired) electrons. The number of fused-ring (bicyclic) bond motifs is 1. The lowest BCUT2D eigenvalue weighted by atomic mass is 9.95. The van der Waals surface area contributed by atoms with Crippen LogP contribution in [0.25, 0.3) is 10.8 Å². The van der Waals surface area contributed by atoms with Crippen LogP contribution in [0.15, 0.2) is 36.7 Å². The predicted molar refractivity (Wildman–Crippen MR) is 79.8 cm³/mol. The maximum Gasteiger partial charge on any atom is 0.338 e. The lowest BCUT2D eigenvalue weighted by Gasteiger charge is -2.09. The first kappa shape index (κ1) is 14.0. The third kappa shape index (κ3) is 2.63. The van der Waals surface area contributed by atoms with E-state index in [9.17, 15) is 4.79 Å². The summed E-state index contributed by atoms with van der Waals surface area (Å²) >= 11 is 0. The smallest absolute Gasteiger partial charge is 0.338 e. The zero-order valence-corrected chi connectivity index (χ0v) is 12.5. The summed E-state index contributed by atoms with van der Waals surface area (Å²) in [5, 5.41) is 2.16. The van der Waals surface area contributed by atoms with Crippen LogP contribution in [0.4, 0.5) is 0 Å². The highest BCUT2D eigenvalue weighted by molar-refractivity contribution is 5.84. The minimum absolute atomic E-state index is 0.280. The molecule has 1 aromatic heterocycles. The SMILES string of the molecule is CC(C)COC(=O)C1OC1(C)c1ccc2ccncc2c1. The molecule has 1 aliphatic rings. The molecule has 1 fully saturated rings. The van der Waals surface area contributed by atoms with Crippen molar-refractivity contribution in [2.45, 2.75) is 32.5 Å². The summed E-state index contributed by atoms with van der Waals surface area (Å²) in [5.74, 6) is 0.0446. The van der Waals surface area contributed by atoms with Gasteiger partial charge in [0.1, 0.15) is 5.60 Å². The highest BCUT2D eigenvalue weighted by atomic mass is 16.7. The van der Waals surface area contributed by atoms with Gasteiger partial charge in [-0.25, -0.2) is 4.79 Å². The van der Waals surface area contributed by atoms with Gasteiger partial charge in [-0.1, -0.05) is 26.0 Å². The van der Waals surface area contributed by atoms with Gasteiger partial charge in [-0.3, -0.25) is 4.98 Å². The van der Waals surface area contributed by atoms with Crippen molar-refractivity contribution in [2.75, 3.05) is 6.61 Å². The van der Waals surface area contributed by atoms with Crippen LogP contribution in [0.5, 0.6) is 0 Å². The molecule has 110 valence electrons. The first-order valence-corrected chi connectivity index (χ1v) is 7.19. The zero-order valence-electron chi connectivity index (χ0n) is 12.5. The number of ether oxygens (including phenoxy) is 2. The number of epoxide rings is 1. The minimum Gasteiger partial charge on any atom is -0.463 e. The monoisotopic (exact) mass is 285 g/mol. The van der Waals surface area contributed by atoms with E-state index in [2.05, 4.69) is 4.98 Å². The number of carbonyl (C=O) groups is 1. The molecule has 2 unspecified atom stereocenters. The van der Waals surface area contributed by atoms with E-state index >= 15 is 0 Å². The maximum absolute atomic E-state index is 12.0. The molecule has 3 rings (SSSR count). The second-order valence-corrected chi connectivity index (χ2v) is 6.07. The molecular formula is C17H19NO3. The third-order valence-electron chi connectivity index (χ3n) is 3.79. The number of nitrogens with zero attached hydrogens (tertiary/aromatic N) is 1. The van der Waals surface area contributed by atoms with Gasteiger partial charge in [-0.2, -0.15) is 0 Å². The van der Waals surface area contributed by atoms with Gasteiger partial charge in [0.15, 0.2) is 6.10 Å². The van der Waals surface area contributed by atoms with Gasteiger partial charge in [0, 0.05) is 17.8 Å². The quantitative estimate of drug-likeness (QED) is 0.640. The lowest BCUT2D eigenvalue weighted by Crippen LogP contribution is -2.20. The molecule has 0 N–H and O–H groups in total. The molecule has 1 saturated heterocycles. The van der Waals surface area contributed by atoms with Crippen LogP contribution >= 0.6 is 0 Å². The summed E-state index contributed by atoms with van der Waals surface area (Å²) in [6.45, 7) is 6.37. The number of aromatic nitrogens is 1. The molecular weight excluding hydrogens is 266 g/mol. The molecule has 0 aliphatic carbocycles. The predicted octanol–water partition coefficient (Wildman–Crippen LogP) is 3.05. The van der Waals surface area contributed by atoms with Crippen molar-refractivity contribution in [2.24, 2.45) is 5.92 Å². The molecule has 2 atom stereocenters. The number of benzene rings is 1. The standard InChI is InChI=1S/C17H19NO3/c1-11(2)10-20-16(19)15-17(3,21-15)14-5-4-12-6-7-18-9-13(12)8-14/h4-9,11,15H,10H2,1-3H3. The molecule has 0 bridgehead atoms. The molecule has 1 aromatic carbocycles. The largest absolute Gasteiger partial charge is 0.463 e. The molecule has 2 aromatic rings. The molecule has 0 amide bonds. The van der Waals surface area contributed by atoms with Crippen LogP contribution in [-0.4, -0.2) is 23.7 Å². The molecule has 0 spiro atoms. The lowest BCUT2D eigenvalue weighted by molar-refractivity contribution is -0.146. The molecule has 1 aliphatic heterocycles. The Morgan fingerprint density at radius 3 is 2.95 bits per heavy atom. The Kier molecular flexibility index (Phi) is 3.41. The number of esters is 1. The van der Waals surface area contributed by atoms with Crippen molar-refractivity contribution in [3.63, 3.8) is 0 Å². The van der Waals surface area contributed by atoms with E-state index in [1.54, 1.807) is 6.20 Å². The summed E-state index contributed by atoms with van der Waals surface area (Å²) < 4.78 is 10.9. The Morgan fingerprint density at radius 2 is 2.19 bits per heavy atom. The van der Waals surface area contributed by atoms with Crippen molar-refractivity contribution >= 4 is 16.7 Å². The van der Waals surface area contributed by atoms with E-state index in [0.29, 0.717) is 12.5 Å². The molecule has 2 heterocycles. The van der Waals surface area contributed by atoms with E-state index in [0.717, 1.165) is 16.3 Å². The first-order valence-electron chi connectivity index (χ1n) is 7.19. The average Bonchev–Trinajstić information content (AvgIpc) is 3.18. The number of hydrogen-bond acceptors (Lipinski definition) is 4. The molecule has 0 saturated carbocycles. The maximum atomic E-state index is 12.0. The van der Waals surface area contributed by atoms with E-state index in [1.807, 2.05) is 51.2 Å².